The molecule has 2 rings (SSSR count). The van der Waals surface area contributed by atoms with Crippen LogP contribution < -0.4 is 10.2 Å². The van der Waals surface area contributed by atoms with E-state index < -0.39 is 0 Å². The number of nitrogens with one attached hydrogen (secondary N) is 1. The highest BCUT2D eigenvalue weighted by molar-refractivity contribution is 9.10. The van der Waals surface area contributed by atoms with Gasteiger partial charge in [0.2, 0.25) is 0 Å². The van der Waals surface area contributed by atoms with Gasteiger partial charge in [0.05, 0.1) is 18.7 Å². The van der Waals surface area contributed by atoms with Crippen molar-refractivity contribution in [1.29, 1.82) is 0 Å². The highest BCUT2D eigenvalue weighted by Crippen LogP contribution is 2.37. The average Bonchev–Trinajstić information content (AvgIpc) is 2.35. The third kappa shape index (κ3) is 2.64. The Labute approximate surface area is 111 Å². The van der Waals surface area contributed by atoms with Crippen molar-refractivity contribution < 1.29 is 9.57 Å². The molecule has 0 bridgehead atoms. The summed E-state index contributed by atoms with van der Waals surface area (Å²) in [6.45, 7) is 0.682. The molecule has 1 aromatic carbocycles. The van der Waals surface area contributed by atoms with Gasteiger partial charge < -0.3 is 9.57 Å². The molecule has 0 aliphatic heterocycles. The smallest absolute Gasteiger partial charge is 0.137 e. The van der Waals surface area contributed by atoms with Gasteiger partial charge >= 0.3 is 0 Å². The van der Waals surface area contributed by atoms with Crippen LogP contribution in [0, 0.1) is 0 Å². The lowest BCUT2D eigenvalue weighted by Crippen LogP contribution is -2.16. The number of aryl methyl sites for hydroxylation is 1. The zero-order valence-corrected chi connectivity index (χ0v) is 11.9. The SMILES string of the molecule is CONCc1c2c(cc(Br)c1OC)CCCC2. The summed E-state index contributed by atoms with van der Waals surface area (Å²) >= 11 is 3.58. The molecule has 0 atom stereocenters. The van der Waals surface area contributed by atoms with Crippen LogP contribution >= 0.6 is 15.9 Å². The predicted octanol–water partition coefficient (Wildman–Crippen LogP) is 2.99. The van der Waals surface area contributed by atoms with Gasteiger partial charge in [-0.3, -0.25) is 0 Å². The first-order valence-electron chi connectivity index (χ1n) is 5.91. The summed E-state index contributed by atoms with van der Waals surface area (Å²) in [4.78, 5) is 4.96. The number of hydrogen-bond donors (Lipinski definition) is 1. The number of methoxy groups -OCH3 is 1. The number of hydroxylamine groups is 1. The lowest BCUT2D eigenvalue weighted by molar-refractivity contribution is 0.0858. The fourth-order valence-corrected chi connectivity index (χ4v) is 3.16. The van der Waals surface area contributed by atoms with Gasteiger partial charge in [-0.05, 0) is 58.8 Å². The molecule has 3 nitrogen and oxygen atoms in total. The molecule has 1 aliphatic rings. The van der Waals surface area contributed by atoms with Crippen LogP contribution in [0.15, 0.2) is 10.5 Å². The van der Waals surface area contributed by atoms with Gasteiger partial charge in [-0.2, -0.15) is 5.48 Å². The molecule has 0 spiro atoms. The van der Waals surface area contributed by atoms with Crippen molar-refractivity contribution in [2.45, 2.75) is 32.2 Å². The van der Waals surface area contributed by atoms with Crippen molar-refractivity contribution in [1.82, 2.24) is 5.48 Å². The summed E-state index contributed by atoms with van der Waals surface area (Å²) in [5, 5.41) is 0. The third-order valence-electron chi connectivity index (χ3n) is 3.26. The Kier molecular flexibility index (Phi) is 4.42. The van der Waals surface area contributed by atoms with E-state index in [1.807, 2.05) is 0 Å². The molecule has 1 N–H and O–H groups in total. The molecule has 1 aliphatic carbocycles. The van der Waals surface area contributed by atoms with Crippen molar-refractivity contribution in [2.24, 2.45) is 0 Å². The van der Waals surface area contributed by atoms with Gasteiger partial charge in [-0.1, -0.05) is 0 Å². The van der Waals surface area contributed by atoms with Crippen LogP contribution in [0.2, 0.25) is 0 Å². The summed E-state index contributed by atoms with van der Waals surface area (Å²) in [6.07, 6.45) is 4.85. The first-order valence-corrected chi connectivity index (χ1v) is 6.70. The predicted molar refractivity (Wildman–Crippen MR) is 71.2 cm³/mol. The summed E-state index contributed by atoms with van der Waals surface area (Å²) < 4.78 is 6.53. The van der Waals surface area contributed by atoms with Crippen molar-refractivity contribution in [3.63, 3.8) is 0 Å². The van der Waals surface area contributed by atoms with Crippen LogP contribution in [-0.4, -0.2) is 14.2 Å². The molecule has 0 unspecified atom stereocenters. The Morgan fingerprint density at radius 1 is 1.29 bits per heavy atom. The van der Waals surface area contributed by atoms with E-state index in [0.717, 1.165) is 23.1 Å². The Balaban J connectivity index is 2.45. The fourth-order valence-electron chi connectivity index (χ4n) is 2.48. The summed E-state index contributed by atoms with van der Waals surface area (Å²) in [7, 11) is 3.35. The van der Waals surface area contributed by atoms with Crippen LogP contribution in [-0.2, 0) is 24.2 Å². The van der Waals surface area contributed by atoms with Crippen molar-refractivity contribution in [2.75, 3.05) is 14.2 Å². The lowest BCUT2D eigenvalue weighted by Gasteiger charge is -2.23. The van der Waals surface area contributed by atoms with Crippen LogP contribution in [0.25, 0.3) is 0 Å². The second-order valence-corrected chi connectivity index (χ2v) is 5.09. The van der Waals surface area contributed by atoms with E-state index >= 15 is 0 Å². The van der Waals surface area contributed by atoms with Crippen molar-refractivity contribution in [3.05, 3.63) is 27.2 Å². The molecular weight excluding hydrogens is 282 g/mol. The lowest BCUT2D eigenvalue weighted by atomic mass is 9.88. The van der Waals surface area contributed by atoms with Gasteiger partial charge in [0, 0.05) is 12.1 Å². The van der Waals surface area contributed by atoms with Crippen LogP contribution in [0.4, 0.5) is 0 Å². The van der Waals surface area contributed by atoms with Gasteiger partial charge in [-0.15, -0.1) is 0 Å². The molecule has 17 heavy (non-hydrogen) atoms. The standard InChI is InChI=1S/C13H18BrNO2/c1-16-13-11(8-15-17-2)10-6-4-3-5-9(10)7-12(13)14/h7,15H,3-6,8H2,1-2H3. The van der Waals surface area contributed by atoms with E-state index in [-0.39, 0.29) is 0 Å². The number of fused-ring (bicyclic) bond motifs is 1. The van der Waals surface area contributed by atoms with Crippen molar-refractivity contribution in [3.8, 4) is 5.75 Å². The summed E-state index contributed by atoms with van der Waals surface area (Å²) in [5.74, 6) is 0.926. The normalized spacial score (nSPS) is 14.5. The van der Waals surface area contributed by atoms with E-state index in [2.05, 4.69) is 27.5 Å². The molecule has 0 fully saturated rings. The monoisotopic (exact) mass is 299 g/mol. The van der Waals surface area contributed by atoms with E-state index in [1.54, 1.807) is 14.2 Å². The largest absolute Gasteiger partial charge is 0.495 e. The fraction of sp³-hybridized carbons (Fsp3) is 0.538. The number of hydrogen-bond acceptors (Lipinski definition) is 3. The minimum atomic E-state index is 0.682. The Bertz CT molecular complexity index is 407. The molecule has 0 amide bonds. The second-order valence-electron chi connectivity index (χ2n) is 4.24. The summed E-state index contributed by atoms with van der Waals surface area (Å²) in [6, 6.07) is 2.20. The molecule has 94 valence electrons. The highest BCUT2D eigenvalue weighted by Gasteiger charge is 2.19. The molecule has 1 aromatic rings. The third-order valence-corrected chi connectivity index (χ3v) is 3.85. The molecular formula is C13H18BrNO2. The van der Waals surface area contributed by atoms with Gasteiger partial charge in [0.1, 0.15) is 5.75 Å². The van der Waals surface area contributed by atoms with E-state index in [4.69, 9.17) is 9.57 Å². The zero-order valence-electron chi connectivity index (χ0n) is 10.3. The topological polar surface area (TPSA) is 30.5 Å². The van der Waals surface area contributed by atoms with Crippen LogP contribution in [0.3, 0.4) is 0 Å². The maximum Gasteiger partial charge on any atom is 0.137 e. The van der Waals surface area contributed by atoms with Gasteiger partial charge in [0.15, 0.2) is 0 Å². The second kappa shape index (κ2) is 5.85. The molecule has 4 heteroatoms. The van der Waals surface area contributed by atoms with Crippen LogP contribution in [0.5, 0.6) is 5.75 Å². The van der Waals surface area contributed by atoms with E-state index in [0.29, 0.717) is 6.54 Å². The van der Waals surface area contributed by atoms with E-state index in [9.17, 15) is 0 Å². The Morgan fingerprint density at radius 2 is 2.06 bits per heavy atom. The maximum absolute atomic E-state index is 5.50. The molecule has 0 saturated heterocycles. The summed E-state index contributed by atoms with van der Waals surface area (Å²) in [5.41, 5.74) is 7.01. The van der Waals surface area contributed by atoms with Crippen LogP contribution in [0.1, 0.15) is 29.5 Å². The minimum Gasteiger partial charge on any atom is -0.495 e. The number of rotatable bonds is 4. The molecule has 0 aromatic heterocycles. The zero-order chi connectivity index (χ0) is 12.3. The highest BCUT2D eigenvalue weighted by atomic mass is 79.9. The number of halogens is 1. The quantitative estimate of drug-likeness (QED) is 0.867. The molecule has 0 heterocycles. The van der Waals surface area contributed by atoms with Crippen molar-refractivity contribution >= 4 is 15.9 Å². The number of ether oxygens (including phenoxy) is 1. The minimum absolute atomic E-state index is 0.682. The first-order chi connectivity index (χ1) is 8.27. The first kappa shape index (κ1) is 12.9. The average molecular weight is 300 g/mol. The Hall–Kier alpha value is -0.580. The molecule has 0 saturated carbocycles. The van der Waals surface area contributed by atoms with E-state index in [1.165, 1.54) is 29.5 Å². The molecule has 0 radical (unpaired) electrons. The van der Waals surface area contributed by atoms with Gasteiger partial charge in [-0.25, -0.2) is 0 Å². The maximum atomic E-state index is 5.50. The van der Waals surface area contributed by atoms with Gasteiger partial charge in [0.25, 0.3) is 0 Å². The number of benzene rings is 1. The Morgan fingerprint density at radius 3 is 2.76 bits per heavy atom.